The molecule has 2 N–H and O–H groups in total. The summed E-state index contributed by atoms with van der Waals surface area (Å²) in [5, 5.41) is 6.26. The van der Waals surface area contributed by atoms with Crippen LogP contribution < -0.4 is 10.6 Å². The van der Waals surface area contributed by atoms with Crippen molar-refractivity contribution in [2.75, 3.05) is 13.1 Å². The van der Waals surface area contributed by atoms with Crippen LogP contribution in [0.15, 0.2) is 24.3 Å². The van der Waals surface area contributed by atoms with E-state index >= 15 is 0 Å². The molecule has 0 aliphatic rings. The van der Waals surface area contributed by atoms with Crippen molar-refractivity contribution in [3.05, 3.63) is 30.1 Å². The molecule has 2 aromatic rings. The number of carbonyl (C=O) groups is 1. The van der Waals surface area contributed by atoms with Crippen LogP contribution in [0.5, 0.6) is 0 Å². The van der Waals surface area contributed by atoms with E-state index in [-0.39, 0.29) is 11.8 Å². The van der Waals surface area contributed by atoms with Crippen molar-refractivity contribution in [1.29, 1.82) is 0 Å². The van der Waals surface area contributed by atoms with E-state index in [1.165, 1.54) is 5.52 Å². The molecule has 0 aliphatic heterocycles. The number of aryl methyl sites for hydroxylation is 1. The highest BCUT2D eigenvalue weighted by Crippen LogP contribution is 2.16. The second kappa shape index (κ2) is 7.94. The fraction of sp³-hybridized carbons (Fsp3) is 0.529. The maximum atomic E-state index is 11.5. The van der Waals surface area contributed by atoms with Gasteiger partial charge in [-0.1, -0.05) is 32.9 Å². The summed E-state index contributed by atoms with van der Waals surface area (Å²) in [5.41, 5.74) is 2.23. The molecule has 0 saturated carbocycles. The summed E-state index contributed by atoms with van der Waals surface area (Å²) in [4.78, 5) is 16.2. The highest BCUT2D eigenvalue weighted by Gasteiger charge is 2.09. The molecule has 0 radical (unpaired) electrons. The van der Waals surface area contributed by atoms with Gasteiger partial charge in [-0.2, -0.15) is 0 Å². The van der Waals surface area contributed by atoms with E-state index in [4.69, 9.17) is 4.98 Å². The molecule has 5 heteroatoms. The maximum absolute atomic E-state index is 11.5. The summed E-state index contributed by atoms with van der Waals surface area (Å²) in [6.45, 7) is 9.05. The van der Waals surface area contributed by atoms with Crippen LogP contribution in [0.25, 0.3) is 11.0 Å². The van der Waals surface area contributed by atoms with Crippen molar-refractivity contribution < 1.29 is 4.79 Å². The van der Waals surface area contributed by atoms with Gasteiger partial charge in [0.25, 0.3) is 0 Å². The van der Waals surface area contributed by atoms with Gasteiger partial charge in [0, 0.05) is 25.6 Å². The SMILES string of the molecule is CCCn1c(CNCCNC(=O)C(C)C)nc2ccccc21. The molecule has 0 atom stereocenters. The number of aromatic nitrogens is 2. The number of fused-ring (bicyclic) bond motifs is 1. The fourth-order valence-corrected chi connectivity index (χ4v) is 2.41. The van der Waals surface area contributed by atoms with Gasteiger partial charge in [0.05, 0.1) is 17.6 Å². The maximum Gasteiger partial charge on any atom is 0.222 e. The minimum Gasteiger partial charge on any atom is -0.355 e. The van der Waals surface area contributed by atoms with E-state index in [0.29, 0.717) is 13.1 Å². The van der Waals surface area contributed by atoms with Gasteiger partial charge in [0.2, 0.25) is 5.91 Å². The largest absolute Gasteiger partial charge is 0.355 e. The Labute approximate surface area is 132 Å². The van der Waals surface area contributed by atoms with Gasteiger partial charge in [-0.05, 0) is 18.6 Å². The minimum atomic E-state index is 0.0359. The van der Waals surface area contributed by atoms with Crippen LogP contribution >= 0.6 is 0 Å². The predicted molar refractivity (Wildman–Crippen MR) is 89.6 cm³/mol. The topological polar surface area (TPSA) is 59.0 Å². The molecule has 2 rings (SSSR count). The molecule has 22 heavy (non-hydrogen) atoms. The van der Waals surface area contributed by atoms with Crippen molar-refractivity contribution in [2.45, 2.75) is 40.3 Å². The lowest BCUT2D eigenvalue weighted by Crippen LogP contribution is -2.34. The van der Waals surface area contributed by atoms with Gasteiger partial charge in [0.1, 0.15) is 5.82 Å². The van der Waals surface area contributed by atoms with E-state index in [1.807, 2.05) is 26.0 Å². The van der Waals surface area contributed by atoms with Crippen LogP contribution in [0, 0.1) is 5.92 Å². The molecular weight excluding hydrogens is 276 g/mol. The van der Waals surface area contributed by atoms with E-state index in [1.54, 1.807) is 0 Å². The Morgan fingerprint density at radius 2 is 2.05 bits per heavy atom. The highest BCUT2D eigenvalue weighted by molar-refractivity contribution is 5.77. The molecule has 1 aromatic heterocycles. The third-order valence-electron chi connectivity index (χ3n) is 3.59. The van der Waals surface area contributed by atoms with Crippen LogP contribution in [-0.2, 0) is 17.9 Å². The lowest BCUT2D eigenvalue weighted by molar-refractivity contribution is -0.123. The minimum absolute atomic E-state index is 0.0359. The number of hydrogen-bond donors (Lipinski definition) is 2. The average Bonchev–Trinajstić information content (AvgIpc) is 2.85. The Morgan fingerprint density at radius 1 is 1.27 bits per heavy atom. The molecular formula is C17H26N4O. The third kappa shape index (κ3) is 4.07. The van der Waals surface area contributed by atoms with Gasteiger partial charge in [-0.15, -0.1) is 0 Å². The van der Waals surface area contributed by atoms with Gasteiger partial charge >= 0.3 is 0 Å². The first-order chi connectivity index (χ1) is 10.6. The molecule has 5 nitrogen and oxygen atoms in total. The predicted octanol–water partition coefficient (Wildman–Crippen LogP) is 2.31. The Kier molecular flexibility index (Phi) is 5.95. The Morgan fingerprint density at radius 3 is 2.77 bits per heavy atom. The standard InChI is InChI=1S/C17H26N4O/c1-4-11-21-15-8-6-5-7-14(15)20-16(21)12-18-9-10-19-17(22)13(2)3/h5-8,13,18H,4,9-12H2,1-3H3,(H,19,22). The molecule has 0 bridgehead atoms. The van der Waals surface area contributed by atoms with Crippen molar-refractivity contribution >= 4 is 16.9 Å². The van der Waals surface area contributed by atoms with Crippen molar-refractivity contribution in [3.63, 3.8) is 0 Å². The van der Waals surface area contributed by atoms with E-state index in [9.17, 15) is 4.79 Å². The smallest absolute Gasteiger partial charge is 0.222 e. The lowest BCUT2D eigenvalue weighted by Gasteiger charge is -2.10. The number of carbonyl (C=O) groups excluding carboxylic acids is 1. The summed E-state index contributed by atoms with van der Waals surface area (Å²) >= 11 is 0. The van der Waals surface area contributed by atoms with Crippen molar-refractivity contribution in [3.8, 4) is 0 Å². The number of hydrogen-bond acceptors (Lipinski definition) is 3. The van der Waals surface area contributed by atoms with Crippen LogP contribution in [0.1, 0.15) is 33.0 Å². The summed E-state index contributed by atoms with van der Waals surface area (Å²) < 4.78 is 2.27. The van der Waals surface area contributed by atoms with Gasteiger partial charge in [0.15, 0.2) is 0 Å². The normalized spacial score (nSPS) is 11.3. The van der Waals surface area contributed by atoms with E-state index in [0.717, 1.165) is 30.9 Å². The molecule has 1 aromatic carbocycles. The number of nitrogens with one attached hydrogen (secondary N) is 2. The third-order valence-corrected chi connectivity index (χ3v) is 3.59. The van der Waals surface area contributed by atoms with Gasteiger partial charge in [-0.3, -0.25) is 4.79 Å². The van der Waals surface area contributed by atoms with Crippen molar-refractivity contribution in [1.82, 2.24) is 20.2 Å². The zero-order valence-corrected chi connectivity index (χ0v) is 13.7. The molecule has 0 fully saturated rings. The van der Waals surface area contributed by atoms with E-state index < -0.39 is 0 Å². The highest BCUT2D eigenvalue weighted by atomic mass is 16.1. The summed E-state index contributed by atoms with van der Waals surface area (Å²) in [5.74, 6) is 1.19. The Balaban J connectivity index is 1.91. The average molecular weight is 302 g/mol. The fourth-order valence-electron chi connectivity index (χ4n) is 2.41. The first-order valence-corrected chi connectivity index (χ1v) is 8.06. The first kappa shape index (κ1) is 16.5. The molecule has 0 unspecified atom stereocenters. The first-order valence-electron chi connectivity index (χ1n) is 8.06. The van der Waals surface area contributed by atoms with Gasteiger partial charge in [-0.25, -0.2) is 4.98 Å². The van der Waals surface area contributed by atoms with Gasteiger partial charge < -0.3 is 15.2 Å². The van der Waals surface area contributed by atoms with Crippen LogP contribution in [-0.4, -0.2) is 28.5 Å². The molecule has 0 aliphatic carbocycles. The van der Waals surface area contributed by atoms with Crippen LogP contribution in [0.3, 0.4) is 0 Å². The molecule has 0 spiro atoms. The second-order valence-corrected chi connectivity index (χ2v) is 5.79. The second-order valence-electron chi connectivity index (χ2n) is 5.79. The summed E-state index contributed by atoms with van der Waals surface area (Å²) in [6, 6.07) is 8.23. The summed E-state index contributed by atoms with van der Waals surface area (Å²) in [7, 11) is 0. The Hall–Kier alpha value is -1.88. The number of amides is 1. The van der Waals surface area contributed by atoms with Crippen LogP contribution in [0.2, 0.25) is 0 Å². The number of nitrogens with zero attached hydrogens (tertiary/aromatic N) is 2. The van der Waals surface area contributed by atoms with E-state index in [2.05, 4.69) is 34.3 Å². The van der Waals surface area contributed by atoms with Crippen LogP contribution in [0.4, 0.5) is 0 Å². The number of imidazole rings is 1. The van der Waals surface area contributed by atoms with Crippen molar-refractivity contribution in [2.24, 2.45) is 5.92 Å². The monoisotopic (exact) mass is 302 g/mol. The zero-order chi connectivity index (χ0) is 15.9. The number of rotatable bonds is 8. The number of benzene rings is 1. The molecule has 1 amide bonds. The lowest BCUT2D eigenvalue weighted by atomic mass is 10.2. The Bertz CT molecular complexity index is 618. The molecule has 1 heterocycles. The molecule has 120 valence electrons. The molecule has 0 saturated heterocycles. The number of para-hydroxylation sites is 2. The zero-order valence-electron chi connectivity index (χ0n) is 13.7. The quantitative estimate of drug-likeness (QED) is 0.736. The summed E-state index contributed by atoms with van der Waals surface area (Å²) in [6.07, 6.45) is 1.08.